The summed E-state index contributed by atoms with van der Waals surface area (Å²) in [6.07, 6.45) is 12.8. The molecule has 92 valence electrons. The molecule has 0 bridgehead atoms. The molecule has 0 spiro atoms. The average Bonchev–Trinajstić information content (AvgIpc) is 2.26. The minimum atomic E-state index is 1.00. The van der Waals surface area contributed by atoms with Gasteiger partial charge >= 0.3 is 0 Å². The molecule has 0 aromatic rings. The zero-order chi connectivity index (χ0) is 11.5. The molecule has 0 N–H and O–H groups in total. The lowest BCUT2D eigenvalue weighted by atomic mass is 9.85. The molecule has 0 aromatic carbocycles. The van der Waals surface area contributed by atoms with E-state index in [2.05, 4.69) is 27.7 Å². The quantitative estimate of drug-likeness (QED) is 0.401. The Morgan fingerprint density at radius 2 is 1.27 bits per heavy atom. The van der Waals surface area contributed by atoms with Crippen molar-refractivity contribution in [1.82, 2.24) is 0 Å². The van der Waals surface area contributed by atoms with Crippen LogP contribution in [0.4, 0.5) is 0 Å². The third-order valence-corrected chi connectivity index (χ3v) is 3.73. The second-order valence-electron chi connectivity index (χ2n) is 5.07. The molecule has 2 atom stereocenters. The minimum Gasteiger partial charge on any atom is -0.0654 e. The van der Waals surface area contributed by atoms with Crippen LogP contribution >= 0.6 is 0 Å². The molecule has 0 fully saturated rings. The van der Waals surface area contributed by atoms with E-state index in [9.17, 15) is 0 Å². The first-order chi connectivity index (χ1) is 7.28. The Kier molecular flexibility index (Phi) is 10.5. The molecular formula is C15H32. The molecule has 15 heavy (non-hydrogen) atoms. The fourth-order valence-electron chi connectivity index (χ4n) is 2.54. The molecule has 0 saturated heterocycles. The lowest BCUT2D eigenvalue weighted by Crippen LogP contribution is -2.08. The van der Waals surface area contributed by atoms with E-state index in [-0.39, 0.29) is 0 Å². The van der Waals surface area contributed by atoms with Gasteiger partial charge in [-0.15, -0.1) is 0 Å². The summed E-state index contributed by atoms with van der Waals surface area (Å²) in [7, 11) is 0. The molecule has 2 unspecified atom stereocenters. The first kappa shape index (κ1) is 15.0. The van der Waals surface area contributed by atoms with E-state index in [0.717, 1.165) is 11.8 Å². The fraction of sp³-hybridized carbons (Fsp3) is 1.00. The third-order valence-electron chi connectivity index (χ3n) is 3.73. The lowest BCUT2D eigenvalue weighted by molar-refractivity contribution is 0.313. The van der Waals surface area contributed by atoms with E-state index in [1.807, 2.05) is 0 Å². The normalized spacial score (nSPS) is 15.2. The molecule has 0 radical (unpaired) electrons. The molecule has 0 aliphatic carbocycles. The van der Waals surface area contributed by atoms with Crippen molar-refractivity contribution in [2.45, 2.75) is 85.5 Å². The molecule has 0 heterocycles. The van der Waals surface area contributed by atoms with Crippen LogP contribution in [0.15, 0.2) is 0 Å². The predicted molar refractivity (Wildman–Crippen MR) is 71.2 cm³/mol. The van der Waals surface area contributed by atoms with Crippen molar-refractivity contribution in [2.24, 2.45) is 11.8 Å². The molecule has 0 amide bonds. The minimum absolute atomic E-state index is 1.00. The van der Waals surface area contributed by atoms with Crippen molar-refractivity contribution in [1.29, 1.82) is 0 Å². The average molecular weight is 212 g/mol. The van der Waals surface area contributed by atoms with Gasteiger partial charge in [-0.2, -0.15) is 0 Å². The highest BCUT2D eigenvalue weighted by atomic mass is 14.2. The van der Waals surface area contributed by atoms with Gasteiger partial charge in [-0.3, -0.25) is 0 Å². The van der Waals surface area contributed by atoms with E-state index in [4.69, 9.17) is 0 Å². The fourth-order valence-corrected chi connectivity index (χ4v) is 2.54. The summed E-state index contributed by atoms with van der Waals surface area (Å²) in [5.41, 5.74) is 0. The van der Waals surface area contributed by atoms with Crippen molar-refractivity contribution in [3.63, 3.8) is 0 Å². The molecule has 0 aliphatic rings. The Labute approximate surface area is 97.8 Å². The Hall–Kier alpha value is 0. The molecule has 0 saturated carbocycles. The molecule has 0 nitrogen and oxygen atoms in total. The van der Waals surface area contributed by atoms with Crippen molar-refractivity contribution in [3.8, 4) is 0 Å². The highest BCUT2D eigenvalue weighted by Crippen LogP contribution is 2.26. The van der Waals surface area contributed by atoms with Crippen LogP contribution in [0.5, 0.6) is 0 Å². The number of hydrogen-bond donors (Lipinski definition) is 0. The van der Waals surface area contributed by atoms with E-state index < -0.39 is 0 Å². The Morgan fingerprint density at radius 3 is 1.73 bits per heavy atom. The van der Waals surface area contributed by atoms with Gasteiger partial charge in [0, 0.05) is 0 Å². The molecule has 0 aromatic heterocycles. The summed E-state index contributed by atoms with van der Waals surface area (Å²) in [6.45, 7) is 9.35. The Morgan fingerprint density at radius 1 is 0.667 bits per heavy atom. The molecule has 0 heteroatoms. The number of hydrogen-bond acceptors (Lipinski definition) is 0. The summed E-state index contributed by atoms with van der Waals surface area (Å²) in [5, 5.41) is 0. The highest BCUT2D eigenvalue weighted by molar-refractivity contribution is 4.65. The summed E-state index contributed by atoms with van der Waals surface area (Å²) in [5.74, 6) is 2.01. The SMILES string of the molecule is CCCCCC(CC)CC(CC)CCC. The van der Waals surface area contributed by atoms with Crippen LogP contribution in [0.25, 0.3) is 0 Å². The summed E-state index contributed by atoms with van der Waals surface area (Å²) < 4.78 is 0. The first-order valence-electron chi connectivity index (χ1n) is 7.28. The van der Waals surface area contributed by atoms with Crippen molar-refractivity contribution in [3.05, 3.63) is 0 Å². The predicted octanol–water partition coefficient (Wildman–Crippen LogP) is 5.81. The van der Waals surface area contributed by atoms with E-state index >= 15 is 0 Å². The molecule has 0 aliphatic heterocycles. The second kappa shape index (κ2) is 10.5. The van der Waals surface area contributed by atoms with E-state index in [0.29, 0.717) is 0 Å². The number of rotatable bonds is 10. The lowest BCUT2D eigenvalue weighted by Gasteiger charge is -2.21. The monoisotopic (exact) mass is 212 g/mol. The van der Waals surface area contributed by atoms with Gasteiger partial charge in [0.1, 0.15) is 0 Å². The molecule has 0 rings (SSSR count). The largest absolute Gasteiger partial charge is 0.0654 e. The summed E-state index contributed by atoms with van der Waals surface area (Å²) >= 11 is 0. The summed E-state index contributed by atoms with van der Waals surface area (Å²) in [4.78, 5) is 0. The van der Waals surface area contributed by atoms with Crippen LogP contribution in [0.1, 0.15) is 85.5 Å². The van der Waals surface area contributed by atoms with Crippen molar-refractivity contribution < 1.29 is 0 Å². The van der Waals surface area contributed by atoms with Crippen LogP contribution in [0.2, 0.25) is 0 Å². The standard InChI is InChI=1S/C15H32/c1-5-9-10-12-15(8-4)13-14(7-3)11-6-2/h14-15H,5-13H2,1-4H3. The van der Waals surface area contributed by atoms with Gasteiger partial charge in [-0.25, -0.2) is 0 Å². The van der Waals surface area contributed by atoms with Gasteiger partial charge in [-0.1, -0.05) is 79.1 Å². The topological polar surface area (TPSA) is 0 Å². The van der Waals surface area contributed by atoms with Gasteiger partial charge in [0.05, 0.1) is 0 Å². The van der Waals surface area contributed by atoms with Gasteiger partial charge in [0.2, 0.25) is 0 Å². The zero-order valence-electron chi connectivity index (χ0n) is 11.5. The van der Waals surface area contributed by atoms with Crippen LogP contribution < -0.4 is 0 Å². The van der Waals surface area contributed by atoms with Crippen molar-refractivity contribution >= 4 is 0 Å². The van der Waals surface area contributed by atoms with Crippen molar-refractivity contribution in [2.75, 3.05) is 0 Å². The zero-order valence-corrected chi connectivity index (χ0v) is 11.5. The maximum absolute atomic E-state index is 2.37. The third kappa shape index (κ3) is 7.88. The maximum Gasteiger partial charge on any atom is -0.0414 e. The maximum atomic E-state index is 2.37. The Balaban J connectivity index is 3.73. The Bertz CT molecular complexity index is 117. The smallest absolute Gasteiger partial charge is 0.0414 e. The number of unbranched alkanes of at least 4 members (excludes halogenated alkanes) is 2. The van der Waals surface area contributed by atoms with Gasteiger partial charge in [-0.05, 0) is 18.3 Å². The van der Waals surface area contributed by atoms with Gasteiger partial charge in [0.25, 0.3) is 0 Å². The molecular weight excluding hydrogens is 180 g/mol. The van der Waals surface area contributed by atoms with Crippen LogP contribution in [0.3, 0.4) is 0 Å². The highest BCUT2D eigenvalue weighted by Gasteiger charge is 2.12. The van der Waals surface area contributed by atoms with Crippen LogP contribution in [0, 0.1) is 11.8 Å². The van der Waals surface area contributed by atoms with E-state index in [1.54, 1.807) is 0 Å². The second-order valence-corrected chi connectivity index (χ2v) is 5.07. The summed E-state index contributed by atoms with van der Waals surface area (Å²) in [6, 6.07) is 0. The van der Waals surface area contributed by atoms with Crippen LogP contribution in [-0.2, 0) is 0 Å². The van der Waals surface area contributed by atoms with E-state index in [1.165, 1.54) is 57.8 Å². The van der Waals surface area contributed by atoms with Crippen LogP contribution in [-0.4, -0.2) is 0 Å². The van der Waals surface area contributed by atoms with Gasteiger partial charge in [0.15, 0.2) is 0 Å². The van der Waals surface area contributed by atoms with Gasteiger partial charge < -0.3 is 0 Å². The first-order valence-corrected chi connectivity index (χ1v) is 7.28.